The number of aliphatic hydroxyl groups is 1. The first-order valence-corrected chi connectivity index (χ1v) is 9.16. The van der Waals surface area contributed by atoms with E-state index >= 15 is 0 Å². The highest BCUT2D eigenvalue weighted by molar-refractivity contribution is 6.24. The monoisotopic (exact) mass is 369 g/mol. The standard InChI is InChI=1S/C19H22ClF2NO2/c20-17-7-11-6-13(9-17)14(18(25,8-11)10-17)15(19(21,22)16(23)24)12-4-2-1-3-5-12/h1-5,11,13-15,25H,6-10H2,(H2,23,24)/t11-,13+,14-,15+,17+,18+/m1/s1. The van der Waals surface area contributed by atoms with E-state index in [1.165, 1.54) is 0 Å². The number of hydrogen-bond donors (Lipinski definition) is 2. The first kappa shape index (κ1) is 17.2. The van der Waals surface area contributed by atoms with Crippen LogP contribution in [-0.2, 0) is 4.79 Å². The maximum atomic E-state index is 14.9. The van der Waals surface area contributed by atoms with Crippen LogP contribution < -0.4 is 5.73 Å². The fraction of sp³-hybridized carbons (Fsp3) is 0.632. The molecule has 4 aliphatic rings. The van der Waals surface area contributed by atoms with E-state index in [4.69, 9.17) is 17.3 Å². The molecular weight excluding hydrogens is 348 g/mol. The number of alkyl halides is 3. The van der Waals surface area contributed by atoms with Gasteiger partial charge < -0.3 is 10.8 Å². The highest BCUT2D eigenvalue weighted by Gasteiger charge is 2.67. The van der Waals surface area contributed by atoms with Gasteiger partial charge in [-0.05, 0) is 49.5 Å². The molecule has 4 saturated carbocycles. The zero-order valence-electron chi connectivity index (χ0n) is 13.8. The number of nitrogens with two attached hydrogens (primary N) is 1. The molecule has 0 radical (unpaired) electrons. The van der Waals surface area contributed by atoms with Gasteiger partial charge >= 0.3 is 5.92 Å². The van der Waals surface area contributed by atoms with Crippen LogP contribution in [0.5, 0.6) is 0 Å². The molecule has 0 aromatic heterocycles. The molecule has 136 valence electrons. The molecule has 6 atom stereocenters. The molecule has 4 bridgehead atoms. The number of benzene rings is 1. The average molecular weight is 370 g/mol. The summed E-state index contributed by atoms with van der Waals surface area (Å²) < 4.78 is 29.9. The molecule has 0 spiro atoms. The number of carbonyl (C=O) groups excluding carboxylic acids is 1. The van der Waals surface area contributed by atoms with Gasteiger partial charge in [-0.15, -0.1) is 11.6 Å². The second kappa shape index (κ2) is 5.40. The summed E-state index contributed by atoms with van der Waals surface area (Å²) in [5.41, 5.74) is 4.15. The minimum atomic E-state index is -3.73. The Kier molecular flexibility index (Phi) is 3.72. The highest BCUT2D eigenvalue weighted by atomic mass is 35.5. The van der Waals surface area contributed by atoms with Gasteiger partial charge in [0.15, 0.2) is 0 Å². The lowest BCUT2D eigenvalue weighted by molar-refractivity contribution is -0.199. The molecule has 6 heteroatoms. The second-order valence-corrected chi connectivity index (χ2v) is 9.11. The molecule has 0 unspecified atom stereocenters. The minimum Gasteiger partial charge on any atom is -0.389 e. The van der Waals surface area contributed by atoms with Crippen molar-refractivity contribution in [1.82, 2.24) is 0 Å². The molecule has 0 aliphatic heterocycles. The van der Waals surface area contributed by atoms with Crippen LogP contribution in [0.2, 0.25) is 0 Å². The predicted octanol–water partition coefficient (Wildman–Crippen LogP) is 3.44. The Morgan fingerprint density at radius 2 is 1.96 bits per heavy atom. The van der Waals surface area contributed by atoms with E-state index in [-0.39, 0.29) is 11.8 Å². The first-order chi connectivity index (χ1) is 11.6. The predicted molar refractivity (Wildman–Crippen MR) is 90.4 cm³/mol. The lowest BCUT2D eigenvalue weighted by atomic mass is 9.46. The Bertz CT molecular complexity index is 700. The number of hydrogen-bond acceptors (Lipinski definition) is 2. The Hall–Kier alpha value is -1.20. The van der Waals surface area contributed by atoms with Gasteiger partial charge in [0, 0.05) is 10.8 Å². The first-order valence-electron chi connectivity index (χ1n) is 8.79. The molecule has 0 heterocycles. The van der Waals surface area contributed by atoms with Gasteiger partial charge in [-0.2, -0.15) is 8.78 Å². The quantitative estimate of drug-likeness (QED) is 0.798. The van der Waals surface area contributed by atoms with Crippen LogP contribution in [-0.4, -0.2) is 27.4 Å². The van der Waals surface area contributed by atoms with Gasteiger partial charge in [-0.3, -0.25) is 4.79 Å². The topological polar surface area (TPSA) is 63.3 Å². The number of halogens is 3. The SMILES string of the molecule is NC(=O)C(F)(F)[C@@H](c1ccccc1)[C@H]1[C@H]2C[C@@H]3C[C@](Cl)(C2)C[C@@]1(O)C3. The summed E-state index contributed by atoms with van der Waals surface area (Å²) in [5.74, 6) is -7.37. The zero-order valence-corrected chi connectivity index (χ0v) is 14.6. The van der Waals surface area contributed by atoms with E-state index in [2.05, 4.69) is 0 Å². The van der Waals surface area contributed by atoms with Gasteiger partial charge in [0.25, 0.3) is 5.91 Å². The van der Waals surface area contributed by atoms with Crippen molar-refractivity contribution in [3.05, 3.63) is 35.9 Å². The van der Waals surface area contributed by atoms with Crippen LogP contribution in [0.1, 0.15) is 43.6 Å². The summed E-state index contributed by atoms with van der Waals surface area (Å²) in [5, 5.41) is 11.3. The second-order valence-electron chi connectivity index (χ2n) is 8.31. The number of carbonyl (C=O) groups is 1. The average Bonchev–Trinajstić information content (AvgIpc) is 2.49. The smallest absolute Gasteiger partial charge is 0.331 e. The van der Waals surface area contributed by atoms with Crippen molar-refractivity contribution in [3.8, 4) is 0 Å². The van der Waals surface area contributed by atoms with Crippen LogP contribution in [0.3, 0.4) is 0 Å². The van der Waals surface area contributed by atoms with Crippen molar-refractivity contribution in [2.24, 2.45) is 23.5 Å². The van der Waals surface area contributed by atoms with Gasteiger partial charge in [-0.1, -0.05) is 30.3 Å². The largest absolute Gasteiger partial charge is 0.389 e. The molecule has 5 rings (SSSR count). The minimum absolute atomic E-state index is 0.126. The van der Waals surface area contributed by atoms with E-state index in [0.717, 1.165) is 12.8 Å². The Balaban J connectivity index is 1.82. The van der Waals surface area contributed by atoms with Gasteiger partial charge in [0.1, 0.15) is 0 Å². The lowest BCUT2D eigenvalue weighted by Crippen LogP contribution is -2.65. The lowest BCUT2D eigenvalue weighted by Gasteiger charge is -2.63. The molecule has 4 fully saturated rings. The van der Waals surface area contributed by atoms with E-state index in [9.17, 15) is 18.7 Å². The summed E-state index contributed by atoms with van der Waals surface area (Å²) in [4.78, 5) is 11.1. The molecule has 3 nitrogen and oxygen atoms in total. The van der Waals surface area contributed by atoms with Crippen molar-refractivity contribution in [2.75, 3.05) is 0 Å². The maximum Gasteiger partial charge on any atom is 0.331 e. The molecule has 0 saturated heterocycles. The van der Waals surface area contributed by atoms with Crippen LogP contribution in [0.25, 0.3) is 0 Å². The van der Waals surface area contributed by atoms with Crippen LogP contribution in [0, 0.1) is 17.8 Å². The normalized spacial score (nSPS) is 40.9. The number of primary amides is 1. The Morgan fingerprint density at radius 3 is 2.52 bits per heavy atom. The Labute approximate surface area is 150 Å². The molecule has 1 aromatic carbocycles. The van der Waals surface area contributed by atoms with Crippen LogP contribution >= 0.6 is 11.6 Å². The van der Waals surface area contributed by atoms with E-state index < -0.39 is 34.1 Å². The van der Waals surface area contributed by atoms with E-state index in [1.807, 2.05) is 0 Å². The van der Waals surface area contributed by atoms with E-state index in [0.29, 0.717) is 24.8 Å². The maximum absolute atomic E-state index is 14.9. The summed E-state index contributed by atoms with van der Waals surface area (Å²) in [6, 6.07) is 8.26. The summed E-state index contributed by atoms with van der Waals surface area (Å²) in [7, 11) is 0. The number of amides is 1. The third-order valence-corrected chi connectivity index (χ3v) is 6.99. The fourth-order valence-corrected chi connectivity index (χ4v) is 6.74. The third-order valence-electron chi connectivity index (χ3n) is 6.55. The molecule has 25 heavy (non-hydrogen) atoms. The van der Waals surface area contributed by atoms with Crippen LogP contribution in [0.15, 0.2) is 30.3 Å². The summed E-state index contributed by atoms with van der Waals surface area (Å²) in [6.45, 7) is 0. The highest BCUT2D eigenvalue weighted by Crippen LogP contribution is 2.66. The third kappa shape index (κ3) is 2.58. The summed E-state index contributed by atoms with van der Waals surface area (Å²) in [6.07, 6.45) is 3.00. The molecule has 1 amide bonds. The Morgan fingerprint density at radius 1 is 1.28 bits per heavy atom. The van der Waals surface area contributed by atoms with Crippen molar-refractivity contribution >= 4 is 17.5 Å². The zero-order chi connectivity index (χ0) is 18.0. The van der Waals surface area contributed by atoms with Crippen molar-refractivity contribution in [3.63, 3.8) is 0 Å². The van der Waals surface area contributed by atoms with Crippen molar-refractivity contribution in [1.29, 1.82) is 0 Å². The van der Waals surface area contributed by atoms with Gasteiger partial charge in [0.05, 0.1) is 11.5 Å². The van der Waals surface area contributed by atoms with E-state index in [1.54, 1.807) is 30.3 Å². The van der Waals surface area contributed by atoms with Crippen molar-refractivity contribution < 1.29 is 18.7 Å². The molecular formula is C19H22ClF2NO2. The summed E-state index contributed by atoms with van der Waals surface area (Å²) >= 11 is 6.67. The fourth-order valence-electron chi connectivity index (χ4n) is 6.09. The molecule has 1 aromatic rings. The van der Waals surface area contributed by atoms with Crippen molar-refractivity contribution in [2.45, 2.75) is 54.4 Å². The van der Waals surface area contributed by atoms with Gasteiger partial charge in [-0.25, -0.2) is 0 Å². The van der Waals surface area contributed by atoms with Gasteiger partial charge in [0.2, 0.25) is 0 Å². The number of rotatable bonds is 4. The molecule has 3 N–H and O–H groups in total. The molecule has 4 aliphatic carbocycles. The van der Waals surface area contributed by atoms with Crippen LogP contribution in [0.4, 0.5) is 8.78 Å².